The minimum absolute atomic E-state index is 1.09. The number of nitrogens with zero attached hydrogens (tertiary/aromatic N) is 2. The van der Waals surface area contributed by atoms with Crippen molar-refractivity contribution in [3.05, 3.63) is 218 Å². The minimum Gasteiger partial charge on any atom is -0.311 e. The molecule has 0 radical (unpaired) electrons. The highest BCUT2D eigenvalue weighted by Crippen LogP contribution is 2.49. The van der Waals surface area contributed by atoms with Crippen LogP contribution in [0.2, 0.25) is 0 Å². The van der Waals surface area contributed by atoms with E-state index < -0.39 is 0 Å². The monoisotopic (exact) mass is 640 g/mol. The third-order valence-electron chi connectivity index (χ3n) is 9.04. The molecule has 238 valence electrons. The van der Waals surface area contributed by atoms with Gasteiger partial charge in [0.1, 0.15) is 0 Å². The van der Waals surface area contributed by atoms with Crippen LogP contribution in [0.1, 0.15) is 0 Å². The van der Waals surface area contributed by atoms with Crippen molar-refractivity contribution >= 4 is 34.1 Å². The van der Waals surface area contributed by atoms with E-state index in [4.69, 9.17) is 0 Å². The molecule has 0 spiro atoms. The van der Waals surface area contributed by atoms with Crippen LogP contribution < -0.4 is 9.80 Å². The molecule has 2 nitrogen and oxygen atoms in total. The van der Waals surface area contributed by atoms with Gasteiger partial charge >= 0.3 is 0 Å². The van der Waals surface area contributed by atoms with Crippen molar-refractivity contribution in [2.24, 2.45) is 0 Å². The van der Waals surface area contributed by atoms with Gasteiger partial charge in [-0.05, 0) is 94.5 Å². The molecule has 0 fully saturated rings. The highest BCUT2D eigenvalue weighted by Gasteiger charge is 2.24. The molecule has 8 rings (SSSR count). The number of para-hydroxylation sites is 4. The maximum absolute atomic E-state index is 2.38. The van der Waals surface area contributed by atoms with Crippen LogP contribution in [-0.4, -0.2) is 0 Å². The Balaban J connectivity index is 1.40. The summed E-state index contributed by atoms with van der Waals surface area (Å²) in [6.07, 6.45) is 0. The molecule has 0 amide bonds. The first-order chi connectivity index (χ1) is 24.8. The van der Waals surface area contributed by atoms with Crippen molar-refractivity contribution in [1.82, 2.24) is 0 Å². The molecular formula is C48H36N2. The first-order valence-corrected chi connectivity index (χ1v) is 17.0. The summed E-state index contributed by atoms with van der Waals surface area (Å²) in [6, 6.07) is 77.6. The van der Waals surface area contributed by atoms with Crippen molar-refractivity contribution in [2.75, 3.05) is 9.80 Å². The molecule has 0 heterocycles. The molecule has 0 aliphatic rings. The van der Waals surface area contributed by atoms with Gasteiger partial charge < -0.3 is 9.80 Å². The SMILES string of the molecule is c1ccc(-c2ccc(N(c3ccccc3)c3ccccc3)c(-c3ccc(N(c4ccccc4)c4ccccc4)cc3)c2-c2ccccc2)cc1. The third kappa shape index (κ3) is 6.19. The Morgan fingerprint density at radius 2 is 0.560 bits per heavy atom. The summed E-state index contributed by atoms with van der Waals surface area (Å²) in [6.45, 7) is 0. The Hall–Kier alpha value is -6.64. The first-order valence-electron chi connectivity index (χ1n) is 17.0. The van der Waals surface area contributed by atoms with E-state index in [2.05, 4.69) is 228 Å². The lowest BCUT2D eigenvalue weighted by Gasteiger charge is -2.30. The van der Waals surface area contributed by atoms with Crippen LogP contribution in [0.15, 0.2) is 218 Å². The number of benzene rings is 8. The Morgan fingerprint density at radius 1 is 0.220 bits per heavy atom. The maximum Gasteiger partial charge on any atom is 0.0546 e. The fourth-order valence-corrected chi connectivity index (χ4v) is 6.79. The van der Waals surface area contributed by atoms with Crippen LogP contribution in [0.25, 0.3) is 33.4 Å². The van der Waals surface area contributed by atoms with Crippen molar-refractivity contribution in [3.8, 4) is 33.4 Å². The van der Waals surface area contributed by atoms with Crippen molar-refractivity contribution in [1.29, 1.82) is 0 Å². The van der Waals surface area contributed by atoms with Crippen molar-refractivity contribution in [2.45, 2.75) is 0 Å². The predicted molar refractivity (Wildman–Crippen MR) is 212 cm³/mol. The second-order valence-corrected chi connectivity index (χ2v) is 12.2. The minimum atomic E-state index is 1.09. The molecule has 8 aromatic rings. The van der Waals surface area contributed by atoms with Crippen LogP contribution in [0.5, 0.6) is 0 Å². The summed E-state index contributed by atoms with van der Waals surface area (Å²) in [4.78, 5) is 4.69. The van der Waals surface area contributed by atoms with Crippen LogP contribution in [-0.2, 0) is 0 Å². The summed E-state index contributed by atoms with van der Waals surface area (Å²) in [7, 11) is 0. The summed E-state index contributed by atoms with van der Waals surface area (Å²) >= 11 is 0. The fraction of sp³-hybridized carbons (Fsp3) is 0. The molecule has 0 aliphatic carbocycles. The molecule has 0 unspecified atom stereocenters. The summed E-state index contributed by atoms with van der Waals surface area (Å²) in [5.41, 5.74) is 13.7. The molecule has 0 saturated carbocycles. The summed E-state index contributed by atoms with van der Waals surface area (Å²) < 4.78 is 0. The van der Waals surface area contributed by atoms with Gasteiger partial charge in [0.05, 0.1) is 5.69 Å². The van der Waals surface area contributed by atoms with Gasteiger partial charge in [0, 0.05) is 34.0 Å². The topological polar surface area (TPSA) is 6.48 Å². The highest BCUT2D eigenvalue weighted by molar-refractivity contribution is 6.03. The zero-order chi connectivity index (χ0) is 33.5. The van der Waals surface area contributed by atoms with E-state index in [0.29, 0.717) is 0 Å². The van der Waals surface area contributed by atoms with Gasteiger partial charge in [-0.15, -0.1) is 0 Å². The van der Waals surface area contributed by atoms with E-state index in [1.165, 1.54) is 27.8 Å². The zero-order valence-corrected chi connectivity index (χ0v) is 27.7. The molecule has 0 aromatic heterocycles. The van der Waals surface area contributed by atoms with Gasteiger partial charge in [0.25, 0.3) is 0 Å². The normalized spacial score (nSPS) is 10.8. The summed E-state index contributed by atoms with van der Waals surface area (Å²) in [5.74, 6) is 0. The Bertz CT molecular complexity index is 2190. The molecule has 0 aliphatic heterocycles. The molecule has 2 heteroatoms. The molecule has 8 aromatic carbocycles. The van der Waals surface area contributed by atoms with Gasteiger partial charge in [0.2, 0.25) is 0 Å². The largest absolute Gasteiger partial charge is 0.311 e. The lowest BCUT2D eigenvalue weighted by atomic mass is 9.86. The number of hydrogen-bond acceptors (Lipinski definition) is 2. The van der Waals surface area contributed by atoms with Crippen molar-refractivity contribution < 1.29 is 0 Å². The van der Waals surface area contributed by atoms with Gasteiger partial charge in [-0.3, -0.25) is 0 Å². The molecule has 0 N–H and O–H groups in total. The van der Waals surface area contributed by atoms with Crippen LogP contribution in [0, 0.1) is 0 Å². The van der Waals surface area contributed by atoms with Gasteiger partial charge in [0.15, 0.2) is 0 Å². The fourth-order valence-electron chi connectivity index (χ4n) is 6.79. The zero-order valence-electron chi connectivity index (χ0n) is 27.7. The van der Waals surface area contributed by atoms with E-state index in [9.17, 15) is 0 Å². The Kier molecular flexibility index (Phi) is 8.73. The Labute approximate surface area is 294 Å². The van der Waals surface area contributed by atoms with Crippen LogP contribution in [0.3, 0.4) is 0 Å². The number of rotatable bonds is 9. The summed E-state index contributed by atoms with van der Waals surface area (Å²) in [5, 5.41) is 0. The smallest absolute Gasteiger partial charge is 0.0546 e. The predicted octanol–water partition coefficient (Wildman–Crippen LogP) is 13.6. The second kappa shape index (κ2) is 14.2. The van der Waals surface area contributed by atoms with E-state index in [1.54, 1.807) is 0 Å². The third-order valence-corrected chi connectivity index (χ3v) is 9.04. The second-order valence-electron chi connectivity index (χ2n) is 12.2. The lowest BCUT2D eigenvalue weighted by molar-refractivity contribution is 1.27. The highest BCUT2D eigenvalue weighted by atomic mass is 15.1. The molecule has 50 heavy (non-hydrogen) atoms. The molecule has 0 bridgehead atoms. The Morgan fingerprint density at radius 3 is 1.00 bits per heavy atom. The maximum atomic E-state index is 2.38. The standard InChI is InChI=1S/C48H36N2/c1-7-19-37(20-8-1)45-35-36-46(50(42-27-15-5-16-28-42)43-29-17-6-18-30-43)48(47(45)38-21-9-2-10-22-38)39-31-33-44(34-32-39)49(40-23-11-3-12-24-40)41-25-13-4-14-26-41/h1-36H. The van der Waals surface area contributed by atoms with Crippen LogP contribution >= 0.6 is 0 Å². The van der Waals surface area contributed by atoms with Crippen molar-refractivity contribution in [3.63, 3.8) is 0 Å². The van der Waals surface area contributed by atoms with Crippen LogP contribution in [0.4, 0.5) is 34.1 Å². The van der Waals surface area contributed by atoms with E-state index in [-0.39, 0.29) is 0 Å². The quantitative estimate of drug-likeness (QED) is 0.155. The molecule has 0 atom stereocenters. The average Bonchev–Trinajstić information content (AvgIpc) is 3.20. The lowest BCUT2D eigenvalue weighted by Crippen LogP contribution is -2.12. The first kappa shape index (κ1) is 30.7. The number of anilines is 6. The average molecular weight is 641 g/mol. The number of hydrogen-bond donors (Lipinski definition) is 0. The van der Waals surface area contributed by atoms with Gasteiger partial charge in [-0.1, -0.05) is 152 Å². The van der Waals surface area contributed by atoms with Gasteiger partial charge in [-0.25, -0.2) is 0 Å². The van der Waals surface area contributed by atoms with E-state index >= 15 is 0 Å². The van der Waals surface area contributed by atoms with Gasteiger partial charge in [-0.2, -0.15) is 0 Å². The molecular weight excluding hydrogens is 605 g/mol. The van der Waals surface area contributed by atoms with E-state index in [1.807, 2.05) is 0 Å². The van der Waals surface area contributed by atoms with E-state index in [0.717, 1.165) is 39.7 Å². The molecule has 0 saturated heterocycles.